The second kappa shape index (κ2) is 21.3. The molecule has 4 aromatic rings. The van der Waals surface area contributed by atoms with Crippen LogP contribution in [0.15, 0.2) is 109 Å². The first-order valence-corrected chi connectivity index (χ1v) is 20.7. The summed E-state index contributed by atoms with van der Waals surface area (Å²) >= 11 is 0. The van der Waals surface area contributed by atoms with Crippen molar-refractivity contribution in [2.75, 3.05) is 19.8 Å². The topological polar surface area (TPSA) is 94.1 Å². The smallest absolute Gasteiger partial charge is 0.419 e. The molecule has 296 valence electrons. The van der Waals surface area contributed by atoms with Gasteiger partial charge in [-0.2, -0.15) is 13.2 Å². The molecule has 0 saturated heterocycles. The lowest BCUT2D eigenvalue weighted by Gasteiger charge is -2.33. The Balaban J connectivity index is 1.29. The summed E-state index contributed by atoms with van der Waals surface area (Å²) in [5.41, 5.74) is -0.0831. The molecule has 1 fully saturated rings. The predicted octanol–water partition coefficient (Wildman–Crippen LogP) is 10.9. The van der Waals surface area contributed by atoms with Gasteiger partial charge < -0.3 is 24.4 Å². The van der Waals surface area contributed by atoms with Gasteiger partial charge in [-0.05, 0) is 72.4 Å². The Kier molecular flexibility index (Phi) is 16.3. The van der Waals surface area contributed by atoms with Crippen molar-refractivity contribution in [1.29, 1.82) is 0 Å². The summed E-state index contributed by atoms with van der Waals surface area (Å²) in [7, 11) is -2.86. The summed E-state index contributed by atoms with van der Waals surface area (Å²) in [6, 6.07) is 31.9. The molecule has 3 atom stereocenters. The van der Waals surface area contributed by atoms with Crippen molar-refractivity contribution in [3.8, 4) is 5.75 Å². The highest BCUT2D eigenvalue weighted by atomic mass is 31.1. The molecule has 3 unspecified atom stereocenters. The number of nitrogens with one attached hydrogen (secondary N) is 1. The average Bonchev–Trinajstić information content (AvgIpc) is 3.21. The molecular formula is C44H53F3NO6P. The van der Waals surface area contributed by atoms with E-state index in [1.807, 2.05) is 78.9 Å². The maximum absolute atomic E-state index is 14.3. The number of alkyl carbamates (subject to hydrolysis) is 1. The molecule has 1 saturated carbocycles. The van der Waals surface area contributed by atoms with Crippen molar-refractivity contribution >= 4 is 14.1 Å². The number of carbonyl (C=O) groups excluding carboxylic acids is 1. The van der Waals surface area contributed by atoms with E-state index in [9.17, 15) is 27.6 Å². The van der Waals surface area contributed by atoms with Crippen LogP contribution < -0.4 is 10.1 Å². The van der Waals surface area contributed by atoms with Crippen molar-refractivity contribution in [2.45, 2.75) is 94.6 Å². The number of carbonyl (C=O) groups is 1. The zero-order chi connectivity index (χ0) is 38.9. The van der Waals surface area contributed by atoms with Crippen molar-refractivity contribution in [3.05, 3.63) is 137 Å². The second-order valence-electron chi connectivity index (χ2n) is 14.6. The molecule has 0 heterocycles. The standard InChI is InChI=1S/C44H53F3NO6P/c45-44(46,47)39-29-36(24-25-40(39)52-28-14-13-17-34-15-5-1-6-16-34)26-27-43(32-49,48-42(50)53-31-37-20-9-3-10-21-37)33-54-55(51)41(38-22-11-4-12-23-38)30-35-18-7-2-8-19-35/h2-4,7-12,18-25,29,34,41,49,55H,1,5-6,13-17,26-28,30-33H2,(H,48,50). The number of alkyl halides is 3. The number of aryl methyl sites for hydroxylation is 1. The number of unbranched alkanes of at least 4 members (excludes halogenated alkanes) is 1. The molecular weight excluding hydrogens is 726 g/mol. The molecule has 1 aliphatic carbocycles. The van der Waals surface area contributed by atoms with Crippen LogP contribution in [0.4, 0.5) is 18.0 Å². The zero-order valence-corrected chi connectivity index (χ0v) is 32.3. The Labute approximate surface area is 323 Å². The molecule has 2 N–H and O–H groups in total. The van der Waals surface area contributed by atoms with E-state index in [4.69, 9.17) is 14.0 Å². The molecule has 0 aliphatic heterocycles. The van der Waals surface area contributed by atoms with E-state index in [2.05, 4.69) is 5.32 Å². The van der Waals surface area contributed by atoms with Crippen LogP contribution in [0.5, 0.6) is 5.75 Å². The molecule has 11 heteroatoms. The summed E-state index contributed by atoms with van der Waals surface area (Å²) in [6.45, 7) is -0.863. The number of rotatable bonds is 20. The van der Waals surface area contributed by atoms with Gasteiger partial charge in [0.2, 0.25) is 0 Å². The van der Waals surface area contributed by atoms with E-state index in [-0.39, 0.29) is 38.4 Å². The summed E-state index contributed by atoms with van der Waals surface area (Å²) in [5.74, 6) is 0.480. The summed E-state index contributed by atoms with van der Waals surface area (Å²) in [4.78, 5) is 13.2. The van der Waals surface area contributed by atoms with E-state index < -0.39 is 43.7 Å². The third kappa shape index (κ3) is 13.6. The monoisotopic (exact) mass is 779 g/mol. The van der Waals surface area contributed by atoms with Crippen molar-refractivity contribution in [2.24, 2.45) is 5.92 Å². The number of ether oxygens (including phenoxy) is 2. The molecule has 0 spiro atoms. The fourth-order valence-electron chi connectivity index (χ4n) is 7.15. The molecule has 0 aromatic heterocycles. The van der Waals surface area contributed by atoms with Gasteiger partial charge in [-0.25, -0.2) is 4.79 Å². The third-order valence-electron chi connectivity index (χ3n) is 10.4. The van der Waals surface area contributed by atoms with Crippen LogP contribution in [0.2, 0.25) is 0 Å². The van der Waals surface area contributed by atoms with Crippen LogP contribution >= 0.6 is 8.03 Å². The van der Waals surface area contributed by atoms with Crippen LogP contribution in [-0.4, -0.2) is 36.6 Å². The van der Waals surface area contributed by atoms with Crippen molar-refractivity contribution in [1.82, 2.24) is 5.32 Å². The number of aliphatic hydroxyl groups excluding tert-OH is 1. The maximum atomic E-state index is 14.3. The Morgan fingerprint density at radius 3 is 2.15 bits per heavy atom. The number of hydrogen-bond donors (Lipinski definition) is 2. The van der Waals surface area contributed by atoms with Gasteiger partial charge in [-0.1, -0.05) is 136 Å². The van der Waals surface area contributed by atoms with Gasteiger partial charge in [0.25, 0.3) is 0 Å². The summed E-state index contributed by atoms with van der Waals surface area (Å²) in [6.07, 6.45) is 3.85. The fraction of sp³-hybridized carbons (Fsp3) is 0.432. The van der Waals surface area contributed by atoms with Crippen LogP contribution in [0.25, 0.3) is 0 Å². The van der Waals surface area contributed by atoms with E-state index in [1.165, 1.54) is 38.2 Å². The van der Waals surface area contributed by atoms with Gasteiger partial charge in [-0.3, -0.25) is 4.57 Å². The molecule has 4 aromatic carbocycles. The molecule has 0 radical (unpaired) electrons. The highest BCUT2D eigenvalue weighted by Crippen LogP contribution is 2.45. The Bertz CT molecular complexity index is 1760. The Morgan fingerprint density at radius 2 is 1.49 bits per heavy atom. The highest BCUT2D eigenvalue weighted by Gasteiger charge is 2.37. The average molecular weight is 780 g/mol. The van der Waals surface area contributed by atoms with Crippen molar-refractivity contribution < 1.29 is 41.6 Å². The number of halogens is 3. The largest absolute Gasteiger partial charge is 0.493 e. The van der Waals surface area contributed by atoms with Crippen LogP contribution in [0.3, 0.4) is 0 Å². The van der Waals surface area contributed by atoms with Crippen LogP contribution in [0.1, 0.15) is 91.3 Å². The first-order valence-electron chi connectivity index (χ1n) is 19.3. The zero-order valence-electron chi connectivity index (χ0n) is 31.3. The molecule has 7 nitrogen and oxygen atoms in total. The molecule has 1 aliphatic rings. The lowest BCUT2D eigenvalue weighted by atomic mass is 9.86. The molecule has 5 rings (SSSR count). The van der Waals surface area contributed by atoms with Gasteiger partial charge in [0.05, 0.1) is 36.6 Å². The quantitative estimate of drug-likeness (QED) is 0.0685. The predicted molar refractivity (Wildman–Crippen MR) is 210 cm³/mol. The normalized spacial score (nSPS) is 15.8. The van der Waals surface area contributed by atoms with Gasteiger partial charge in [0, 0.05) is 0 Å². The first-order chi connectivity index (χ1) is 26.6. The number of hydrogen-bond acceptors (Lipinski definition) is 6. The molecule has 1 amide bonds. The van der Waals surface area contributed by atoms with Crippen LogP contribution in [0, 0.1) is 5.92 Å². The van der Waals surface area contributed by atoms with Crippen molar-refractivity contribution in [3.63, 3.8) is 0 Å². The van der Waals surface area contributed by atoms with E-state index in [0.29, 0.717) is 24.3 Å². The third-order valence-corrected chi connectivity index (χ3v) is 11.9. The van der Waals surface area contributed by atoms with Crippen LogP contribution in [-0.2, 0) is 39.5 Å². The van der Waals surface area contributed by atoms with Gasteiger partial charge >= 0.3 is 12.3 Å². The second-order valence-corrected chi connectivity index (χ2v) is 16.2. The minimum atomic E-state index is -4.66. The van der Waals surface area contributed by atoms with E-state index in [0.717, 1.165) is 35.6 Å². The number of amides is 1. The Morgan fingerprint density at radius 1 is 0.836 bits per heavy atom. The lowest BCUT2D eigenvalue weighted by Crippen LogP contribution is -2.55. The van der Waals surface area contributed by atoms with Gasteiger partial charge in [0.1, 0.15) is 12.4 Å². The SMILES string of the molecule is O=C(NC(CO)(CCc1ccc(OCCCCC2CCCCC2)c(C(F)(F)F)c1)CO[PH](=O)C(Cc1ccccc1)c1ccccc1)OCc1ccccc1. The van der Waals surface area contributed by atoms with Gasteiger partial charge in [0.15, 0.2) is 8.03 Å². The Hall–Kier alpha value is -4.11. The molecule has 0 bridgehead atoms. The van der Waals surface area contributed by atoms with E-state index in [1.54, 1.807) is 18.2 Å². The first kappa shape index (κ1) is 42.0. The van der Waals surface area contributed by atoms with Gasteiger partial charge in [-0.15, -0.1) is 0 Å². The highest BCUT2D eigenvalue weighted by molar-refractivity contribution is 7.39. The summed E-state index contributed by atoms with van der Waals surface area (Å²) in [5, 5.41) is 13.5. The number of benzene rings is 4. The minimum Gasteiger partial charge on any atom is -0.493 e. The molecule has 55 heavy (non-hydrogen) atoms. The lowest BCUT2D eigenvalue weighted by molar-refractivity contribution is -0.139. The number of aliphatic hydroxyl groups is 1. The summed E-state index contributed by atoms with van der Waals surface area (Å²) < 4.78 is 74.1. The van der Waals surface area contributed by atoms with E-state index >= 15 is 0 Å². The maximum Gasteiger partial charge on any atom is 0.419 e. The fourth-order valence-corrected chi connectivity index (χ4v) is 8.64. The minimum absolute atomic E-state index is 0.0285.